The summed E-state index contributed by atoms with van der Waals surface area (Å²) in [5, 5.41) is 17.9. The van der Waals surface area contributed by atoms with Crippen LogP contribution in [-0.2, 0) is 6.54 Å². The van der Waals surface area contributed by atoms with E-state index in [0.29, 0.717) is 18.2 Å². The molecule has 1 unspecified atom stereocenters. The Hall–Kier alpha value is -0.555. The number of benzene rings is 1. The van der Waals surface area contributed by atoms with Crippen molar-refractivity contribution in [1.29, 1.82) is 0 Å². The maximum atomic E-state index is 13.8. The maximum absolute atomic E-state index is 13.8. The molecule has 6 heteroatoms. The molecule has 98 valence electrons. The molecule has 1 aliphatic rings. The van der Waals surface area contributed by atoms with Gasteiger partial charge < -0.3 is 10.0 Å². The second-order valence-electron chi connectivity index (χ2n) is 4.66. The predicted molar refractivity (Wildman–Crippen MR) is 73.4 cm³/mol. The average Bonchev–Trinajstić information content (AvgIpc) is 2.85. The van der Waals surface area contributed by atoms with Gasteiger partial charge in [0.1, 0.15) is 5.82 Å². The summed E-state index contributed by atoms with van der Waals surface area (Å²) in [6.45, 7) is 0.554. The maximum Gasteiger partial charge on any atom is 0.488 e. The third kappa shape index (κ3) is 3.26. The molecule has 2 N–H and O–H groups in total. The summed E-state index contributed by atoms with van der Waals surface area (Å²) in [5.41, 5.74) is 0.786. The highest BCUT2D eigenvalue weighted by Crippen LogP contribution is 2.22. The van der Waals surface area contributed by atoms with Crippen LogP contribution in [0.1, 0.15) is 12.0 Å². The summed E-state index contributed by atoms with van der Waals surface area (Å²) in [7, 11) is 0.391. The van der Waals surface area contributed by atoms with E-state index in [4.69, 9.17) is 10.0 Å². The lowest BCUT2D eigenvalue weighted by molar-refractivity contribution is 0.251. The second kappa shape index (κ2) is 6.06. The van der Waals surface area contributed by atoms with Gasteiger partial charge in [0.2, 0.25) is 0 Å². The molecule has 2 rings (SSSR count). The molecule has 1 aliphatic heterocycles. The van der Waals surface area contributed by atoms with E-state index in [9.17, 15) is 4.39 Å². The van der Waals surface area contributed by atoms with Gasteiger partial charge in [0.05, 0.1) is 0 Å². The molecule has 0 aromatic heterocycles. The Morgan fingerprint density at radius 2 is 2.28 bits per heavy atom. The standard InChI is InChI=1S/C12H17BFNO2S/c1-15(11-4-5-18-8-11)7-9-2-3-10(13(16)17)6-12(9)14/h2-3,6,11,16-17H,4-5,7-8H2,1H3. The molecular formula is C12H17BFNO2S. The van der Waals surface area contributed by atoms with E-state index in [-0.39, 0.29) is 11.3 Å². The summed E-state index contributed by atoms with van der Waals surface area (Å²) in [6.07, 6.45) is 1.15. The topological polar surface area (TPSA) is 43.7 Å². The predicted octanol–water partition coefficient (Wildman–Crippen LogP) is 0.443. The van der Waals surface area contributed by atoms with Gasteiger partial charge in [-0.1, -0.05) is 12.1 Å². The van der Waals surface area contributed by atoms with E-state index in [1.807, 2.05) is 18.8 Å². The zero-order valence-corrected chi connectivity index (χ0v) is 11.2. The highest BCUT2D eigenvalue weighted by atomic mass is 32.2. The van der Waals surface area contributed by atoms with Crippen molar-refractivity contribution < 1.29 is 14.4 Å². The summed E-state index contributed by atoms with van der Waals surface area (Å²) < 4.78 is 13.8. The van der Waals surface area contributed by atoms with Crippen molar-refractivity contribution in [1.82, 2.24) is 4.90 Å². The monoisotopic (exact) mass is 269 g/mol. The normalized spacial score (nSPS) is 19.5. The molecule has 0 saturated carbocycles. The van der Waals surface area contributed by atoms with Gasteiger partial charge in [0.25, 0.3) is 0 Å². The van der Waals surface area contributed by atoms with Crippen molar-refractivity contribution in [3.05, 3.63) is 29.6 Å². The molecule has 1 aromatic rings. The van der Waals surface area contributed by atoms with Crippen LogP contribution in [0.4, 0.5) is 4.39 Å². The minimum Gasteiger partial charge on any atom is -0.423 e. The van der Waals surface area contributed by atoms with Crippen LogP contribution in [0.15, 0.2) is 18.2 Å². The van der Waals surface area contributed by atoms with E-state index < -0.39 is 7.12 Å². The van der Waals surface area contributed by atoms with Gasteiger partial charge in [-0.25, -0.2) is 4.39 Å². The van der Waals surface area contributed by atoms with Crippen LogP contribution in [0, 0.1) is 5.82 Å². The number of nitrogens with zero attached hydrogens (tertiary/aromatic N) is 1. The van der Waals surface area contributed by atoms with Crippen LogP contribution in [-0.4, -0.2) is 46.7 Å². The molecule has 3 nitrogen and oxygen atoms in total. The molecule has 1 saturated heterocycles. The van der Waals surface area contributed by atoms with E-state index in [1.54, 1.807) is 12.1 Å². The Kier molecular flexibility index (Phi) is 4.67. The zero-order chi connectivity index (χ0) is 13.1. The van der Waals surface area contributed by atoms with Crippen molar-refractivity contribution >= 4 is 24.3 Å². The lowest BCUT2D eigenvalue weighted by Gasteiger charge is -2.23. The molecule has 1 fully saturated rings. The van der Waals surface area contributed by atoms with Gasteiger partial charge >= 0.3 is 7.12 Å². The summed E-state index contributed by atoms with van der Waals surface area (Å²) in [4.78, 5) is 2.16. The van der Waals surface area contributed by atoms with Crippen molar-refractivity contribution in [2.45, 2.75) is 19.0 Å². The fraction of sp³-hybridized carbons (Fsp3) is 0.500. The quantitative estimate of drug-likeness (QED) is 0.779. The SMILES string of the molecule is CN(Cc1ccc(B(O)O)cc1F)C1CCSC1. The Labute approximate surface area is 111 Å². The molecule has 0 bridgehead atoms. The smallest absolute Gasteiger partial charge is 0.423 e. The van der Waals surface area contributed by atoms with Crippen LogP contribution in [0.2, 0.25) is 0 Å². The van der Waals surface area contributed by atoms with Crippen molar-refractivity contribution in [3.63, 3.8) is 0 Å². The first kappa shape index (κ1) is 13.9. The lowest BCUT2D eigenvalue weighted by atomic mass is 9.80. The molecule has 0 spiro atoms. The average molecular weight is 269 g/mol. The first-order valence-electron chi connectivity index (χ1n) is 6.00. The third-order valence-electron chi connectivity index (χ3n) is 3.32. The highest BCUT2D eigenvalue weighted by Gasteiger charge is 2.21. The molecule has 18 heavy (non-hydrogen) atoms. The van der Waals surface area contributed by atoms with E-state index in [2.05, 4.69) is 4.90 Å². The van der Waals surface area contributed by atoms with Crippen LogP contribution >= 0.6 is 11.8 Å². The van der Waals surface area contributed by atoms with E-state index >= 15 is 0 Å². The Bertz CT molecular complexity index is 413. The summed E-state index contributed by atoms with van der Waals surface area (Å²) in [5.74, 6) is 1.90. The minimum absolute atomic E-state index is 0.190. The number of hydrogen-bond donors (Lipinski definition) is 2. The lowest BCUT2D eigenvalue weighted by Crippen LogP contribution is -2.33. The van der Waals surface area contributed by atoms with Crippen LogP contribution < -0.4 is 5.46 Å². The molecular weight excluding hydrogens is 252 g/mol. The largest absolute Gasteiger partial charge is 0.488 e. The molecule has 0 amide bonds. The first-order chi connectivity index (χ1) is 8.58. The zero-order valence-electron chi connectivity index (χ0n) is 10.3. The van der Waals surface area contributed by atoms with Crippen LogP contribution in [0.5, 0.6) is 0 Å². The van der Waals surface area contributed by atoms with Gasteiger partial charge in [-0.2, -0.15) is 11.8 Å². The molecule has 0 radical (unpaired) electrons. The van der Waals surface area contributed by atoms with Gasteiger partial charge in [-0.15, -0.1) is 0 Å². The van der Waals surface area contributed by atoms with Gasteiger partial charge in [0.15, 0.2) is 0 Å². The highest BCUT2D eigenvalue weighted by molar-refractivity contribution is 7.99. The van der Waals surface area contributed by atoms with Crippen molar-refractivity contribution in [2.24, 2.45) is 0 Å². The van der Waals surface area contributed by atoms with Crippen molar-refractivity contribution in [2.75, 3.05) is 18.6 Å². The van der Waals surface area contributed by atoms with E-state index in [0.717, 1.165) is 12.2 Å². The molecule has 1 aromatic carbocycles. The number of hydrogen-bond acceptors (Lipinski definition) is 4. The minimum atomic E-state index is -1.61. The number of thioether (sulfide) groups is 1. The van der Waals surface area contributed by atoms with Gasteiger partial charge in [-0.3, -0.25) is 4.90 Å². The Balaban J connectivity index is 2.04. The molecule has 0 aliphatic carbocycles. The van der Waals surface area contributed by atoms with Gasteiger partial charge in [0, 0.05) is 23.9 Å². The van der Waals surface area contributed by atoms with Crippen molar-refractivity contribution in [3.8, 4) is 0 Å². The van der Waals surface area contributed by atoms with E-state index in [1.165, 1.54) is 11.8 Å². The van der Waals surface area contributed by atoms with Crippen LogP contribution in [0.25, 0.3) is 0 Å². The van der Waals surface area contributed by atoms with Crippen LogP contribution in [0.3, 0.4) is 0 Å². The second-order valence-corrected chi connectivity index (χ2v) is 5.81. The third-order valence-corrected chi connectivity index (χ3v) is 4.47. The molecule has 1 heterocycles. The number of rotatable bonds is 4. The Morgan fingerprint density at radius 1 is 1.50 bits per heavy atom. The summed E-state index contributed by atoms with van der Waals surface area (Å²) in [6, 6.07) is 4.89. The Morgan fingerprint density at radius 3 is 2.83 bits per heavy atom. The number of halogens is 1. The summed E-state index contributed by atoms with van der Waals surface area (Å²) >= 11 is 1.93. The fourth-order valence-electron chi connectivity index (χ4n) is 2.12. The molecule has 1 atom stereocenters. The fourth-order valence-corrected chi connectivity index (χ4v) is 3.42. The van der Waals surface area contributed by atoms with Gasteiger partial charge in [-0.05, 0) is 30.8 Å². The first-order valence-corrected chi connectivity index (χ1v) is 7.16.